The first kappa shape index (κ1) is 16.9. The van der Waals surface area contributed by atoms with Gasteiger partial charge in [0.15, 0.2) is 0 Å². The van der Waals surface area contributed by atoms with Crippen molar-refractivity contribution in [2.24, 2.45) is 0 Å². The maximum atomic E-state index is 12.1. The molecule has 1 aromatic carbocycles. The number of amides is 2. The first-order valence-electron chi connectivity index (χ1n) is 8.73. The van der Waals surface area contributed by atoms with Crippen LogP contribution in [0.2, 0.25) is 0 Å². The Hall–Kier alpha value is -1.92. The number of carbonyl (C=O) groups excluding carboxylic acids is 2. The van der Waals surface area contributed by atoms with Gasteiger partial charge in [-0.05, 0) is 31.9 Å². The molecule has 1 heterocycles. The Balaban J connectivity index is 1.39. The van der Waals surface area contributed by atoms with Gasteiger partial charge in [0.1, 0.15) is 0 Å². The highest BCUT2D eigenvalue weighted by Crippen LogP contribution is 2.19. The minimum Gasteiger partial charge on any atom is -0.352 e. The van der Waals surface area contributed by atoms with Crippen LogP contribution in [0, 0.1) is 0 Å². The van der Waals surface area contributed by atoms with E-state index in [9.17, 15) is 9.59 Å². The lowest BCUT2D eigenvalue weighted by atomic mass is 10.2. The van der Waals surface area contributed by atoms with E-state index in [4.69, 9.17) is 0 Å². The summed E-state index contributed by atoms with van der Waals surface area (Å²) in [6, 6.07) is 9.82. The third-order valence-corrected chi connectivity index (χ3v) is 4.68. The molecule has 1 atom stereocenters. The van der Waals surface area contributed by atoms with Crippen LogP contribution in [0.1, 0.15) is 19.8 Å². The summed E-state index contributed by atoms with van der Waals surface area (Å²) in [4.78, 5) is 28.6. The molecule has 3 rings (SSSR count). The maximum Gasteiger partial charge on any atom is 0.238 e. The van der Waals surface area contributed by atoms with Crippen LogP contribution in [0.4, 0.5) is 5.69 Å². The Morgan fingerprint density at radius 2 is 1.79 bits per heavy atom. The van der Waals surface area contributed by atoms with E-state index in [-0.39, 0.29) is 17.9 Å². The molecule has 1 saturated carbocycles. The lowest BCUT2D eigenvalue weighted by molar-refractivity contribution is -0.127. The first-order chi connectivity index (χ1) is 11.6. The van der Waals surface area contributed by atoms with E-state index in [0.717, 1.165) is 44.7 Å². The zero-order chi connectivity index (χ0) is 16.9. The van der Waals surface area contributed by atoms with Gasteiger partial charge in [0.2, 0.25) is 11.8 Å². The van der Waals surface area contributed by atoms with Crippen LogP contribution >= 0.6 is 0 Å². The quantitative estimate of drug-likeness (QED) is 0.814. The number of nitrogens with one attached hydrogen (secondary N) is 2. The molecule has 0 spiro atoms. The molecule has 2 amide bonds. The van der Waals surface area contributed by atoms with Gasteiger partial charge in [-0.15, -0.1) is 0 Å². The SMILES string of the molecule is CC(C(=O)NC1CC1)N1CCN(CC(=O)Nc2ccccc2)CC1. The van der Waals surface area contributed by atoms with Gasteiger partial charge in [-0.1, -0.05) is 18.2 Å². The van der Waals surface area contributed by atoms with Crippen molar-refractivity contribution >= 4 is 17.5 Å². The molecule has 6 nitrogen and oxygen atoms in total. The molecule has 2 fully saturated rings. The molecular formula is C18H26N4O2. The summed E-state index contributed by atoms with van der Waals surface area (Å²) < 4.78 is 0. The molecule has 1 aliphatic carbocycles. The van der Waals surface area contributed by atoms with Crippen LogP contribution < -0.4 is 10.6 Å². The van der Waals surface area contributed by atoms with Gasteiger partial charge >= 0.3 is 0 Å². The smallest absolute Gasteiger partial charge is 0.238 e. The van der Waals surface area contributed by atoms with Crippen molar-refractivity contribution in [1.29, 1.82) is 0 Å². The molecule has 2 aliphatic rings. The number of carbonyl (C=O) groups is 2. The van der Waals surface area contributed by atoms with E-state index in [0.29, 0.717) is 12.6 Å². The predicted molar refractivity (Wildman–Crippen MR) is 93.7 cm³/mol. The molecule has 130 valence electrons. The summed E-state index contributed by atoms with van der Waals surface area (Å²) >= 11 is 0. The zero-order valence-corrected chi connectivity index (χ0v) is 14.2. The monoisotopic (exact) mass is 330 g/mol. The van der Waals surface area contributed by atoms with Gasteiger partial charge in [0.25, 0.3) is 0 Å². The predicted octanol–water partition coefficient (Wildman–Crippen LogP) is 0.910. The van der Waals surface area contributed by atoms with E-state index in [1.807, 2.05) is 37.3 Å². The van der Waals surface area contributed by atoms with Gasteiger partial charge in [-0.3, -0.25) is 19.4 Å². The Bertz CT molecular complexity index is 566. The maximum absolute atomic E-state index is 12.1. The van der Waals surface area contributed by atoms with Crippen molar-refractivity contribution in [3.05, 3.63) is 30.3 Å². The van der Waals surface area contributed by atoms with Crippen LogP contribution in [-0.4, -0.2) is 66.4 Å². The van der Waals surface area contributed by atoms with Crippen molar-refractivity contribution in [3.8, 4) is 0 Å². The van der Waals surface area contributed by atoms with E-state index in [2.05, 4.69) is 20.4 Å². The summed E-state index contributed by atoms with van der Waals surface area (Å²) in [6.07, 6.45) is 2.23. The topological polar surface area (TPSA) is 64.7 Å². The van der Waals surface area contributed by atoms with E-state index in [1.54, 1.807) is 0 Å². The third kappa shape index (κ3) is 4.79. The van der Waals surface area contributed by atoms with Crippen LogP contribution in [0.15, 0.2) is 30.3 Å². The van der Waals surface area contributed by atoms with Crippen molar-refractivity contribution < 1.29 is 9.59 Å². The average molecular weight is 330 g/mol. The number of anilines is 1. The first-order valence-corrected chi connectivity index (χ1v) is 8.73. The molecule has 2 N–H and O–H groups in total. The Morgan fingerprint density at radius 1 is 1.12 bits per heavy atom. The second kappa shape index (κ2) is 7.77. The Labute approximate surface area is 143 Å². The molecule has 1 unspecified atom stereocenters. The number of piperazine rings is 1. The molecule has 0 aromatic heterocycles. The van der Waals surface area contributed by atoms with Gasteiger partial charge < -0.3 is 10.6 Å². The molecule has 24 heavy (non-hydrogen) atoms. The van der Waals surface area contributed by atoms with Crippen LogP contribution in [0.25, 0.3) is 0 Å². The Morgan fingerprint density at radius 3 is 2.42 bits per heavy atom. The second-order valence-electron chi connectivity index (χ2n) is 6.69. The second-order valence-corrected chi connectivity index (χ2v) is 6.69. The highest BCUT2D eigenvalue weighted by atomic mass is 16.2. The number of rotatable bonds is 6. The molecule has 6 heteroatoms. The molecule has 1 saturated heterocycles. The normalized spacial score (nSPS) is 20.4. The van der Waals surface area contributed by atoms with Gasteiger partial charge in [0, 0.05) is 37.9 Å². The van der Waals surface area contributed by atoms with Crippen LogP contribution in [-0.2, 0) is 9.59 Å². The standard InChI is InChI=1S/C18H26N4O2/c1-14(18(24)20-16-7-8-16)22-11-9-21(10-12-22)13-17(23)19-15-5-3-2-4-6-15/h2-6,14,16H,7-13H2,1H3,(H,19,23)(H,20,24). The minimum atomic E-state index is -0.0918. The van der Waals surface area contributed by atoms with E-state index >= 15 is 0 Å². The molecule has 0 bridgehead atoms. The van der Waals surface area contributed by atoms with Gasteiger partial charge in [-0.2, -0.15) is 0 Å². The van der Waals surface area contributed by atoms with Crippen molar-refractivity contribution in [2.75, 3.05) is 38.0 Å². The number of benzene rings is 1. The number of hydrogen-bond acceptors (Lipinski definition) is 4. The van der Waals surface area contributed by atoms with Gasteiger partial charge in [0.05, 0.1) is 12.6 Å². The molecular weight excluding hydrogens is 304 g/mol. The fraction of sp³-hybridized carbons (Fsp3) is 0.556. The summed E-state index contributed by atoms with van der Waals surface area (Å²) in [5.41, 5.74) is 0.825. The van der Waals surface area contributed by atoms with Crippen molar-refractivity contribution in [1.82, 2.24) is 15.1 Å². The fourth-order valence-electron chi connectivity index (χ4n) is 2.95. The average Bonchev–Trinajstić information content (AvgIpc) is 3.39. The van der Waals surface area contributed by atoms with Gasteiger partial charge in [-0.25, -0.2) is 0 Å². The fourth-order valence-corrected chi connectivity index (χ4v) is 2.95. The highest BCUT2D eigenvalue weighted by molar-refractivity contribution is 5.92. The molecule has 0 radical (unpaired) electrons. The lowest BCUT2D eigenvalue weighted by Crippen LogP contribution is -2.55. The highest BCUT2D eigenvalue weighted by Gasteiger charge is 2.30. The van der Waals surface area contributed by atoms with Crippen molar-refractivity contribution in [2.45, 2.75) is 31.8 Å². The zero-order valence-electron chi connectivity index (χ0n) is 14.2. The molecule has 1 aromatic rings. The largest absolute Gasteiger partial charge is 0.352 e. The molecule has 1 aliphatic heterocycles. The third-order valence-electron chi connectivity index (χ3n) is 4.68. The van der Waals surface area contributed by atoms with E-state index in [1.165, 1.54) is 0 Å². The summed E-state index contributed by atoms with van der Waals surface area (Å²) in [6.45, 7) is 5.61. The summed E-state index contributed by atoms with van der Waals surface area (Å²) in [7, 11) is 0. The van der Waals surface area contributed by atoms with Crippen LogP contribution in [0.3, 0.4) is 0 Å². The number of hydrogen-bond donors (Lipinski definition) is 2. The lowest BCUT2D eigenvalue weighted by Gasteiger charge is -2.37. The summed E-state index contributed by atoms with van der Waals surface area (Å²) in [5, 5.41) is 5.97. The van der Waals surface area contributed by atoms with Crippen molar-refractivity contribution in [3.63, 3.8) is 0 Å². The van der Waals surface area contributed by atoms with E-state index < -0.39 is 0 Å². The Kier molecular flexibility index (Phi) is 5.48. The number of nitrogens with zero attached hydrogens (tertiary/aromatic N) is 2. The minimum absolute atomic E-state index is 0.00850. The number of para-hydroxylation sites is 1. The van der Waals surface area contributed by atoms with Crippen LogP contribution in [0.5, 0.6) is 0 Å². The summed E-state index contributed by atoms with van der Waals surface area (Å²) in [5.74, 6) is 0.141.